The van der Waals surface area contributed by atoms with Crippen LogP contribution in [0.1, 0.15) is 10.4 Å². The first-order valence-electron chi connectivity index (χ1n) is 9.06. The van der Waals surface area contributed by atoms with Crippen LogP contribution in [0.5, 0.6) is 0 Å². The molecule has 1 aromatic carbocycles. The van der Waals surface area contributed by atoms with Crippen LogP contribution in [0.3, 0.4) is 0 Å². The van der Waals surface area contributed by atoms with Gasteiger partial charge in [0.2, 0.25) is 15.9 Å². The molecule has 6 nitrogen and oxygen atoms in total. The number of hydrogen-bond acceptors (Lipinski definition) is 5. The second-order valence-corrected chi connectivity index (χ2v) is 9.70. The highest BCUT2D eigenvalue weighted by Crippen LogP contribution is 2.12. The molecule has 8 heteroatoms. The number of amides is 1. The molecule has 0 spiro atoms. The van der Waals surface area contributed by atoms with Crippen LogP contribution in [0.2, 0.25) is 0 Å². The summed E-state index contributed by atoms with van der Waals surface area (Å²) in [5.41, 5.74) is 1.24. The molecule has 2 aromatic rings. The van der Waals surface area contributed by atoms with E-state index in [1.165, 1.54) is 16.9 Å². The average molecular weight is 408 g/mol. The van der Waals surface area contributed by atoms with Crippen LogP contribution >= 0.6 is 11.3 Å². The molecule has 27 heavy (non-hydrogen) atoms. The fraction of sp³-hybridized carbons (Fsp3) is 0.421. The molecular formula is C19H25N3O3S2. The van der Waals surface area contributed by atoms with Crippen molar-refractivity contribution < 1.29 is 13.2 Å². The lowest BCUT2D eigenvalue weighted by atomic mass is 10.2. The van der Waals surface area contributed by atoms with Crippen LogP contribution in [-0.2, 0) is 27.8 Å². The van der Waals surface area contributed by atoms with Crippen molar-refractivity contribution in [2.75, 3.05) is 38.5 Å². The van der Waals surface area contributed by atoms with Crippen LogP contribution in [0, 0.1) is 0 Å². The van der Waals surface area contributed by atoms with E-state index in [4.69, 9.17) is 0 Å². The van der Waals surface area contributed by atoms with Gasteiger partial charge in [-0.25, -0.2) is 8.42 Å². The molecule has 1 amide bonds. The zero-order valence-corrected chi connectivity index (χ0v) is 16.8. The van der Waals surface area contributed by atoms with Gasteiger partial charge in [-0.05, 0) is 17.0 Å². The van der Waals surface area contributed by atoms with Crippen molar-refractivity contribution >= 4 is 27.3 Å². The SMILES string of the molecule is O=C(Cc1cccs1)NCCS(=O)(=O)N1CCN(Cc2ccccc2)CC1. The lowest BCUT2D eigenvalue weighted by Crippen LogP contribution is -2.49. The molecule has 0 aliphatic carbocycles. The number of hydrogen-bond donors (Lipinski definition) is 1. The Kier molecular flexibility index (Phi) is 7.01. The molecule has 0 radical (unpaired) electrons. The third-order valence-electron chi connectivity index (χ3n) is 4.57. The van der Waals surface area contributed by atoms with E-state index in [9.17, 15) is 13.2 Å². The summed E-state index contributed by atoms with van der Waals surface area (Å²) < 4.78 is 26.6. The fourth-order valence-electron chi connectivity index (χ4n) is 3.09. The Balaban J connectivity index is 1.39. The van der Waals surface area contributed by atoms with Crippen molar-refractivity contribution in [3.8, 4) is 0 Å². The minimum Gasteiger partial charge on any atom is -0.355 e. The first kappa shape index (κ1) is 20.0. The Morgan fingerprint density at radius 3 is 2.44 bits per heavy atom. The highest BCUT2D eigenvalue weighted by molar-refractivity contribution is 7.89. The predicted octanol–water partition coefficient (Wildman–Crippen LogP) is 1.55. The molecule has 0 unspecified atom stereocenters. The number of sulfonamides is 1. The van der Waals surface area contributed by atoms with Gasteiger partial charge in [0.15, 0.2) is 0 Å². The molecule has 146 valence electrons. The first-order chi connectivity index (χ1) is 13.0. The molecular weight excluding hydrogens is 382 g/mol. The Morgan fingerprint density at radius 2 is 1.78 bits per heavy atom. The monoisotopic (exact) mass is 407 g/mol. The predicted molar refractivity (Wildman–Crippen MR) is 108 cm³/mol. The summed E-state index contributed by atoms with van der Waals surface area (Å²) in [6.45, 7) is 3.43. The average Bonchev–Trinajstić information content (AvgIpc) is 3.16. The molecule has 0 atom stereocenters. The summed E-state index contributed by atoms with van der Waals surface area (Å²) in [5, 5.41) is 4.63. The molecule has 1 N–H and O–H groups in total. The number of nitrogens with zero attached hydrogens (tertiary/aromatic N) is 2. The van der Waals surface area contributed by atoms with Gasteiger partial charge in [0.25, 0.3) is 0 Å². The van der Waals surface area contributed by atoms with Crippen LogP contribution in [0.25, 0.3) is 0 Å². The molecule has 1 saturated heterocycles. The van der Waals surface area contributed by atoms with Gasteiger partial charge in [-0.3, -0.25) is 9.69 Å². The maximum atomic E-state index is 12.5. The number of piperazine rings is 1. The van der Waals surface area contributed by atoms with Gasteiger partial charge in [-0.2, -0.15) is 4.31 Å². The van der Waals surface area contributed by atoms with Crippen LogP contribution < -0.4 is 5.32 Å². The van der Waals surface area contributed by atoms with Gasteiger partial charge >= 0.3 is 0 Å². The Bertz CT molecular complexity index is 815. The van der Waals surface area contributed by atoms with Gasteiger partial charge < -0.3 is 5.32 Å². The summed E-state index contributed by atoms with van der Waals surface area (Å²) in [6.07, 6.45) is 0.301. The lowest BCUT2D eigenvalue weighted by Gasteiger charge is -2.34. The number of carbonyl (C=O) groups is 1. The van der Waals surface area contributed by atoms with E-state index in [1.807, 2.05) is 35.7 Å². The minimum absolute atomic E-state index is 0.0537. The third-order valence-corrected chi connectivity index (χ3v) is 7.32. The van der Waals surface area contributed by atoms with Crippen LogP contribution in [0.4, 0.5) is 0 Å². The minimum atomic E-state index is -3.34. The normalized spacial score (nSPS) is 16.3. The molecule has 1 aromatic heterocycles. The van der Waals surface area contributed by atoms with Crippen molar-refractivity contribution in [3.05, 3.63) is 58.3 Å². The molecule has 3 rings (SSSR count). The van der Waals surface area contributed by atoms with Crippen LogP contribution in [0.15, 0.2) is 47.8 Å². The Hall–Kier alpha value is -1.74. The molecule has 1 aliphatic heterocycles. The van der Waals surface area contributed by atoms with E-state index in [0.717, 1.165) is 24.5 Å². The maximum absolute atomic E-state index is 12.5. The molecule has 0 bridgehead atoms. The van der Waals surface area contributed by atoms with Crippen molar-refractivity contribution in [3.63, 3.8) is 0 Å². The Morgan fingerprint density at radius 1 is 1.04 bits per heavy atom. The molecule has 1 fully saturated rings. The summed E-state index contributed by atoms with van der Waals surface area (Å²) >= 11 is 1.52. The Labute approximate surface area is 164 Å². The third kappa shape index (κ3) is 6.14. The van der Waals surface area contributed by atoms with Gasteiger partial charge in [-0.1, -0.05) is 36.4 Å². The number of thiophene rings is 1. The number of benzene rings is 1. The maximum Gasteiger partial charge on any atom is 0.225 e. The summed E-state index contributed by atoms with van der Waals surface area (Å²) in [5.74, 6) is -0.192. The van der Waals surface area contributed by atoms with Crippen molar-refractivity contribution in [2.24, 2.45) is 0 Å². The second-order valence-electron chi connectivity index (χ2n) is 6.58. The van der Waals surface area contributed by atoms with Gasteiger partial charge in [0.1, 0.15) is 0 Å². The highest BCUT2D eigenvalue weighted by Gasteiger charge is 2.26. The van der Waals surface area contributed by atoms with E-state index < -0.39 is 10.0 Å². The molecule has 0 saturated carbocycles. The summed E-state index contributed by atoms with van der Waals surface area (Å²) in [4.78, 5) is 15.1. The van der Waals surface area contributed by atoms with Crippen molar-refractivity contribution in [2.45, 2.75) is 13.0 Å². The van der Waals surface area contributed by atoms with Gasteiger partial charge in [-0.15, -0.1) is 11.3 Å². The van der Waals surface area contributed by atoms with E-state index in [2.05, 4.69) is 22.3 Å². The summed E-state index contributed by atoms with van der Waals surface area (Å²) in [6, 6.07) is 14.0. The van der Waals surface area contributed by atoms with Crippen molar-refractivity contribution in [1.29, 1.82) is 0 Å². The quantitative estimate of drug-likeness (QED) is 0.721. The zero-order chi connectivity index (χ0) is 19.1. The van der Waals surface area contributed by atoms with Crippen LogP contribution in [-0.4, -0.2) is 62.0 Å². The lowest BCUT2D eigenvalue weighted by molar-refractivity contribution is -0.120. The van der Waals surface area contributed by atoms with Gasteiger partial charge in [0, 0.05) is 44.1 Å². The van der Waals surface area contributed by atoms with E-state index >= 15 is 0 Å². The van der Waals surface area contributed by atoms with Gasteiger partial charge in [0.05, 0.1) is 12.2 Å². The first-order valence-corrected chi connectivity index (χ1v) is 11.5. The van der Waals surface area contributed by atoms with E-state index in [1.54, 1.807) is 4.31 Å². The van der Waals surface area contributed by atoms with E-state index in [-0.39, 0.29) is 18.2 Å². The smallest absolute Gasteiger partial charge is 0.225 e. The zero-order valence-electron chi connectivity index (χ0n) is 15.2. The molecule has 1 aliphatic rings. The second kappa shape index (κ2) is 9.45. The topological polar surface area (TPSA) is 69.7 Å². The van der Waals surface area contributed by atoms with Crippen molar-refractivity contribution in [1.82, 2.24) is 14.5 Å². The van der Waals surface area contributed by atoms with E-state index in [0.29, 0.717) is 19.5 Å². The largest absolute Gasteiger partial charge is 0.355 e. The summed E-state index contributed by atoms with van der Waals surface area (Å²) in [7, 11) is -3.34. The highest BCUT2D eigenvalue weighted by atomic mass is 32.2. The standard InChI is InChI=1S/C19H25N3O3S2/c23-19(15-18-7-4-13-26-18)20-8-14-27(24,25)22-11-9-21(10-12-22)16-17-5-2-1-3-6-17/h1-7,13H,8-12,14-16H2,(H,20,23). The number of rotatable bonds is 8. The fourth-order valence-corrected chi connectivity index (χ4v) is 5.13. The number of carbonyl (C=O) groups excluding carboxylic acids is 1. The molecule has 2 heterocycles. The number of nitrogens with one attached hydrogen (secondary N) is 1.